The molecule has 182 valence electrons. The molecule has 0 radical (unpaired) electrons. The third-order valence-electron chi connectivity index (χ3n) is 6.19. The number of nitrogens with zero attached hydrogens (tertiary/aromatic N) is 4. The van der Waals surface area contributed by atoms with Crippen molar-refractivity contribution >= 4 is 23.3 Å². The summed E-state index contributed by atoms with van der Waals surface area (Å²) < 4.78 is 16.4. The highest BCUT2D eigenvalue weighted by molar-refractivity contribution is 5.73. The molecule has 2 aliphatic heterocycles. The van der Waals surface area contributed by atoms with E-state index >= 15 is 0 Å². The average molecular weight is 477 g/mol. The Labute approximate surface area is 204 Å². The predicted octanol–water partition coefficient (Wildman–Crippen LogP) is 4.22. The number of para-hydroxylation sites is 4. The van der Waals surface area contributed by atoms with Crippen LogP contribution in [-0.2, 0) is 0 Å². The van der Waals surface area contributed by atoms with Gasteiger partial charge in [0.15, 0.2) is 0 Å². The summed E-state index contributed by atoms with van der Waals surface area (Å²) in [4.78, 5) is 22.0. The number of pyridine rings is 1. The van der Waals surface area contributed by atoms with E-state index in [1.54, 1.807) is 12.1 Å². The molecule has 1 fully saturated rings. The van der Waals surface area contributed by atoms with Gasteiger partial charge in [-0.15, -0.1) is 0 Å². The standard InChI is InChI=1S/C26H28N4O5/c31-26(32)35-25-12-5-11-24(27-25)29-17-15-28(16-18-29)13-6-14-30-20-7-1-3-9-22(20)33-19-34-23-10-4-2-8-21(23)30/h1-5,7-12H,6,13-19H2,(H,31,32). The number of anilines is 3. The molecule has 1 aromatic heterocycles. The highest BCUT2D eigenvalue weighted by Gasteiger charge is 2.22. The molecule has 3 heterocycles. The van der Waals surface area contributed by atoms with Crippen LogP contribution in [0.2, 0.25) is 0 Å². The van der Waals surface area contributed by atoms with Gasteiger partial charge >= 0.3 is 6.16 Å². The first-order valence-corrected chi connectivity index (χ1v) is 11.7. The number of piperazine rings is 1. The van der Waals surface area contributed by atoms with E-state index in [0.717, 1.165) is 74.4 Å². The molecule has 1 saturated heterocycles. The van der Waals surface area contributed by atoms with Crippen molar-refractivity contribution in [2.45, 2.75) is 6.42 Å². The zero-order valence-corrected chi connectivity index (χ0v) is 19.4. The molecule has 0 bridgehead atoms. The van der Waals surface area contributed by atoms with E-state index in [2.05, 4.69) is 31.8 Å². The van der Waals surface area contributed by atoms with Gasteiger partial charge in [0.05, 0.1) is 11.4 Å². The molecule has 35 heavy (non-hydrogen) atoms. The number of hydrogen-bond donors (Lipinski definition) is 1. The van der Waals surface area contributed by atoms with Crippen LogP contribution in [0.5, 0.6) is 17.4 Å². The minimum atomic E-state index is -1.36. The van der Waals surface area contributed by atoms with Gasteiger partial charge in [-0.25, -0.2) is 4.79 Å². The van der Waals surface area contributed by atoms with Crippen LogP contribution in [0, 0.1) is 0 Å². The molecule has 1 N–H and O–H groups in total. The van der Waals surface area contributed by atoms with E-state index in [4.69, 9.17) is 19.3 Å². The number of fused-ring (bicyclic) bond motifs is 2. The lowest BCUT2D eigenvalue weighted by atomic mass is 10.2. The van der Waals surface area contributed by atoms with Crippen molar-refractivity contribution in [3.8, 4) is 17.4 Å². The number of aromatic nitrogens is 1. The monoisotopic (exact) mass is 476 g/mol. The first-order chi connectivity index (χ1) is 17.2. The lowest BCUT2D eigenvalue weighted by Gasteiger charge is -2.36. The largest absolute Gasteiger partial charge is 0.512 e. The zero-order chi connectivity index (χ0) is 24.0. The molecule has 0 unspecified atom stereocenters. The number of hydrogen-bond acceptors (Lipinski definition) is 8. The molecule has 2 aromatic carbocycles. The minimum Gasteiger partial charge on any atom is -0.455 e. The maximum atomic E-state index is 10.8. The molecule has 0 amide bonds. The van der Waals surface area contributed by atoms with Gasteiger partial charge in [-0.2, -0.15) is 4.98 Å². The second-order valence-corrected chi connectivity index (χ2v) is 8.38. The summed E-state index contributed by atoms with van der Waals surface area (Å²) >= 11 is 0. The molecule has 9 nitrogen and oxygen atoms in total. The Kier molecular flexibility index (Phi) is 6.85. The first-order valence-electron chi connectivity index (χ1n) is 11.7. The zero-order valence-electron chi connectivity index (χ0n) is 19.4. The van der Waals surface area contributed by atoms with Crippen LogP contribution in [-0.4, -0.2) is 67.2 Å². The maximum Gasteiger partial charge on any atom is 0.512 e. The summed E-state index contributed by atoms with van der Waals surface area (Å²) in [7, 11) is 0. The van der Waals surface area contributed by atoms with Gasteiger partial charge in [0.1, 0.15) is 17.3 Å². The normalized spacial score (nSPS) is 15.7. The van der Waals surface area contributed by atoms with Crippen molar-refractivity contribution in [2.24, 2.45) is 0 Å². The third-order valence-corrected chi connectivity index (χ3v) is 6.19. The van der Waals surface area contributed by atoms with Crippen LogP contribution in [0.3, 0.4) is 0 Å². The van der Waals surface area contributed by atoms with E-state index in [9.17, 15) is 4.79 Å². The number of ether oxygens (including phenoxy) is 3. The van der Waals surface area contributed by atoms with Crippen molar-refractivity contribution in [1.82, 2.24) is 9.88 Å². The van der Waals surface area contributed by atoms with E-state index in [1.807, 2.05) is 42.5 Å². The Hall–Kier alpha value is -3.98. The van der Waals surface area contributed by atoms with E-state index in [1.165, 1.54) is 0 Å². The van der Waals surface area contributed by atoms with Crippen LogP contribution in [0.15, 0.2) is 66.7 Å². The number of benzene rings is 2. The SMILES string of the molecule is O=C(O)Oc1cccc(N2CCN(CCCN3c4ccccc4OCOc4ccccc43)CC2)n1. The van der Waals surface area contributed by atoms with Crippen molar-refractivity contribution in [1.29, 1.82) is 0 Å². The van der Waals surface area contributed by atoms with Gasteiger partial charge in [-0.3, -0.25) is 4.90 Å². The minimum absolute atomic E-state index is 0.0965. The summed E-state index contributed by atoms with van der Waals surface area (Å²) in [6.07, 6.45) is -0.383. The highest BCUT2D eigenvalue weighted by atomic mass is 16.7. The summed E-state index contributed by atoms with van der Waals surface area (Å²) in [5, 5.41) is 8.82. The number of carboxylic acid groups (broad SMARTS) is 1. The predicted molar refractivity (Wildman–Crippen MR) is 132 cm³/mol. The summed E-state index contributed by atoms with van der Waals surface area (Å²) in [6.45, 7) is 5.44. The molecule has 3 aromatic rings. The summed E-state index contributed by atoms with van der Waals surface area (Å²) in [6, 6.07) is 21.3. The van der Waals surface area contributed by atoms with Gasteiger partial charge in [0, 0.05) is 38.8 Å². The average Bonchev–Trinajstić information content (AvgIpc) is 2.87. The fraction of sp³-hybridized carbons (Fsp3) is 0.308. The Balaban J connectivity index is 1.20. The maximum absolute atomic E-state index is 10.8. The lowest BCUT2D eigenvalue weighted by Crippen LogP contribution is -2.47. The molecule has 2 aliphatic rings. The van der Waals surface area contributed by atoms with Crippen molar-refractivity contribution in [3.05, 3.63) is 66.7 Å². The van der Waals surface area contributed by atoms with Gasteiger partial charge in [0.25, 0.3) is 0 Å². The fourth-order valence-corrected chi connectivity index (χ4v) is 4.51. The molecular formula is C26H28N4O5. The Morgan fingerprint density at radius 2 is 1.51 bits per heavy atom. The first kappa shape index (κ1) is 22.8. The van der Waals surface area contributed by atoms with Crippen molar-refractivity contribution < 1.29 is 24.1 Å². The molecular weight excluding hydrogens is 448 g/mol. The second-order valence-electron chi connectivity index (χ2n) is 8.38. The van der Waals surface area contributed by atoms with Gasteiger partial charge in [-0.05, 0) is 43.3 Å². The fourth-order valence-electron chi connectivity index (χ4n) is 4.51. The summed E-state index contributed by atoms with van der Waals surface area (Å²) in [5.41, 5.74) is 2.09. The van der Waals surface area contributed by atoms with Gasteiger partial charge in [0.2, 0.25) is 12.7 Å². The van der Waals surface area contributed by atoms with Crippen LogP contribution in [0.25, 0.3) is 0 Å². The second kappa shape index (κ2) is 10.5. The van der Waals surface area contributed by atoms with Crippen LogP contribution >= 0.6 is 0 Å². The van der Waals surface area contributed by atoms with Crippen LogP contribution in [0.4, 0.5) is 22.0 Å². The molecule has 0 aliphatic carbocycles. The summed E-state index contributed by atoms with van der Waals surface area (Å²) in [5.74, 6) is 2.46. The van der Waals surface area contributed by atoms with Crippen LogP contribution < -0.4 is 24.0 Å². The topological polar surface area (TPSA) is 87.6 Å². The smallest absolute Gasteiger partial charge is 0.455 e. The number of carbonyl (C=O) groups is 1. The number of rotatable bonds is 6. The van der Waals surface area contributed by atoms with Gasteiger partial charge < -0.3 is 29.1 Å². The highest BCUT2D eigenvalue weighted by Crippen LogP contribution is 2.40. The van der Waals surface area contributed by atoms with E-state index < -0.39 is 6.16 Å². The van der Waals surface area contributed by atoms with Crippen molar-refractivity contribution in [3.63, 3.8) is 0 Å². The van der Waals surface area contributed by atoms with E-state index in [-0.39, 0.29) is 12.7 Å². The van der Waals surface area contributed by atoms with Crippen molar-refractivity contribution in [2.75, 3.05) is 55.9 Å². The molecule has 0 spiro atoms. The van der Waals surface area contributed by atoms with Gasteiger partial charge in [-0.1, -0.05) is 30.3 Å². The lowest BCUT2D eigenvalue weighted by molar-refractivity contribution is 0.119. The quantitative estimate of drug-likeness (QED) is 0.526. The molecule has 9 heteroatoms. The van der Waals surface area contributed by atoms with Crippen LogP contribution in [0.1, 0.15) is 6.42 Å². The molecule has 0 atom stereocenters. The Morgan fingerprint density at radius 1 is 0.857 bits per heavy atom. The Bertz CT molecular complexity index is 1120. The molecule has 5 rings (SSSR count). The third kappa shape index (κ3) is 5.41. The molecule has 0 saturated carbocycles. The Morgan fingerprint density at radius 3 is 2.17 bits per heavy atom. The van der Waals surface area contributed by atoms with E-state index in [0.29, 0.717) is 0 Å².